The van der Waals surface area contributed by atoms with Crippen LogP contribution in [0.3, 0.4) is 0 Å². The van der Waals surface area contributed by atoms with Crippen molar-refractivity contribution < 1.29 is 4.79 Å². The molecule has 19 heavy (non-hydrogen) atoms. The van der Waals surface area contributed by atoms with E-state index in [9.17, 15) is 4.79 Å². The number of pyridine rings is 1. The molecule has 0 radical (unpaired) electrons. The molecule has 3 nitrogen and oxygen atoms in total. The zero-order valence-electron chi connectivity index (χ0n) is 11.5. The van der Waals surface area contributed by atoms with Crippen LogP contribution < -0.4 is 0 Å². The highest BCUT2D eigenvalue weighted by Crippen LogP contribution is 2.20. The first-order valence-corrected chi connectivity index (χ1v) is 6.33. The van der Waals surface area contributed by atoms with Gasteiger partial charge in [0.15, 0.2) is 0 Å². The molecule has 3 heteroatoms. The summed E-state index contributed by atoms with van der Waals surface area (Å²) in [7, 11) is 1.82. The van der Waals surface area contributed by atoms with E-state index < -0.39 is 0 Å². The Morgan fingerprint density at radius 2 is 1.89 bits per heavy atom. The van der Waals surface area contributed by atoms with Crippen LogP contribution in [0.1, 0.15) is 34.5 Å². The largest absolute Gasteiger partial charge is 0.335 e. The first-order chi connectivity index (χ1) is 9.09. The zero-order valence-corrected chi connectivity index (χ0v) is 11.5. The van der Waals surface area contributed by atoms with Crippen LogP contribution in [0.4, 0.5) is 0 Å². The Morgan fingerprint density at radius 1 is 1.21 bits per heavy atom. The molecule has 0 saturated heterocycles. The Labute approximate surface area is 113 Å². The molecule has 1 atom stereocenters. The molecule has 0 aliphatic heterocycles. The van der Waals surface area contributed by atoms with Crippen molar-refractivity contribution >= 4 is 5.91 Å². The Bertz CT molecular complexity index is 549. The second kappa shape index (κ2) is 5.65. The second-order valence-corrected chi connectivity index (χ2v) is 4.74. The molecule has 0 aliphatic rings. The lowest BCUT2D eigenvalue weighted by Crippen LogP contribution is -2.29. The number of nitrogens with zero attached hydrogens (tertiary/aromatic N) is 2. The van der Waals surface area contributed by atoms with Gasteiger partial charge in [-0.3, -0.25) is 9.78 Å². The first-order valence-electron chi connectivity index (χ1n) is 6.33. The van der Waals surface area contributed by atoms with Crippen LogP contribution in [-0.4, -0.2) is 22.8 Å². The van der Waals surface area contributed by atoms with Gasteiger partial charge in [-0.1, -0.05) is 29.8 Å². The Balaban J connectivity index is 2.17. The van der Waals surface area contributed by atoms with Crippen molar-refractivity contribution in [2.45, 2.75) is 19.9 Å². The molecular weight excluding hydrogens is 236 g/mol. The number of carbonyl (C=O) groups excluding carboxylic acids is 1. The predicted molar refractivity (Wildman–Crippen MR) is 75.9 cm³/mol. The summed E-state index contributed by atoms with van der Waals surface area (Å²) in [4.78, 5) is 18.0. The fourth-order valence-electron chi connectivity index (χ4n) is 1.94. The van der Waals surface area contributed by atoms with E-state index in [4.69, 9.17) is 0 Å². The molecule has 98 valence electrons. The minimum absolute atomic E-state index is 0.0128. The predicted octanol–water partition coefficient (Wildman–Crippen LogP) is 3.22. The van der Waals surface area contributed by atoms with E-state index in [1.165, 1.54) is 5.56 Å². The number of hydrogen-bond acceptors (Lipinski definition) is 2. The molecule has 0 aliphatic carbocycles. The Kier molecular flexibility index (Phi) is 3.95. The van der Waals surface area contributed by atoms with Crippen LogP contribution in [0.2, 0.25) is 0 Å². The maximum Gasteiger partial charge on any atom is 0.255 e. The van der Waals surface area contributed by atoms with Crippen molar-refractivity contribution in [2.24, 2.45) is 0 Å². The molecule has 1 unspecified atom stereocenters. The highest BCUT2D eigenvalue weighted by Gasteiger charge is 2.18. The van der Waals surface area contributed by atoms with Gasteiger partial charge in [-0.05, 0) is 31.5 Å². The van der Waals surface area contributed by atoms with E-state index in [1.54, 1.807) is 29.4 Å². The van der Waals surface area contributed by atoms with Gasteiger partial charge in [0.05, 0.1) is 11.6 Å². The van der Waals surface area contributed by atoms with Crippen molar-refractivity contribution in [3.05, 3.63) is 65.5 Å². The molecule has 0 spiro atoms. The van der Waals surface area contributed by atoms with Crippen LogP contribution in [0.15, 0.2) is 48.8 Å². The number of rotatable bonds is 3. The van der Waals surface area contributed by atoms with Gasteiger partial charge in [0.2, 0.25) is 0 Å². The number of hydrogen-bond donors (Lipinski definition) is 0. The number of amides is 1. The van der Waals surface area contributed by atoms with Gasteiger partial charge in [-0.25, -0.2) is 0 Å². The van der Waals surface area contributed by atoms with Crippen molar-refractivity contribution in [1.82, 2.24) is 9.88 Å². The summed E-state index contributed by atoms with van der Waals surface area (Å²) >= 11 is 0. The molecule has 2 rings (SSSR count). The first kappa shape index (κ1) is 13.3. The Hall–Kier alpha value is -2.16. The molecule has 1 aromatic carbocycles. The molecule has 1 heterocycles. The van der Waals surface area contributed by atoms with E-state index in [0.29, 0.717) is 5.56 Å². The monoisotopic (exact) mass is 254 g/mol. The number of benzene rings is 1. The minimum atomic E-state index is -0.0128. The molecule has 0 N–H and O–H groups in total. The van der Waals surface area contributed by atoms with Crippen LogP contribution in [0, 0.1) is 6.92 Å². The topological polar surface area (TPSA) is 33.2 Å². The van der Waals surface area contributed by atoms with Crippen molar-refractivity contribution in [3.8, 4) is 0 Å². The SMILES string of the molecule is Cc1ccc(C(C)N(C)C(=O)c2cccnc2)cc1. The van der Waals surface area contributed by atoms with Crippen molar-refractivity contribution in [3.63, 3.8) is 0 Å². The summed E-state index contributed by atoms with van der Waals surface area (Å²) < 4.78 is 0. The molecular formula is C16H18N2O. The lowest BCUT2D eigenvalue weighted by Gasteiger charge is -2.25. The van der Waals surface area contributed by atoms with E-state index >= 15 is 0 Å². The molecule has 1 amide bonds. The van der Waals surface area contributed by atoms with Crippen molar-refractivity contribution in [1.29, 1.82) is 0 Å². The summed E-state index contributed by atoms with van der Waals surface area (Å²) in [5.74, 6) is -0.0128. The number of carbonyl (C=O) groups is 1. The van der Waals surface area contributed by atoms with Gasteiger partial charge in [0.1, 0.15) is 0 Å². The normalized spacial score (nSPS) is 11.9. The summed E-state index contributed by atoms with van der Waals surface area (Å²) in [5, 5.41) is 0. The number of aromatic nitrogens is 1. The third-order valence-electron chi connectivity index (χ3n) is 3.37. The van der Waals surface area contributed by atoms with E-state index in [-0.39, 0.29) is 11.9 Å². The lowest BCUT2D eigenvalue weighted by atomic mass is 10.0. The standard InChI is InChI=1S/C16H18N2O/c1-12-6-8-14(9-7-12)13(2)18(3)16(19)15-5-4-10-17-11-15/h4-11,13H,1-3H3. The van der Waals surface area contributed by atoms with Gasteiger partial charge >= 0.3 is 0 Å². The van der Waals surface area contributed by atoms with Crippen LogP contribution >= 0.6 is 0 Å². The van der Waals surface area contributed by atoms with Gasteiger partial charge in [0.25, 0.3) is 5.91 Å². The third kappa shape index (κ3) is 2.99. The molecule has 1 aromatic heterocycles. The molecule has 2 aromatic rings. The van der Waals surface area contributed by atoms with Gasteiger partial charge < -0.3 is 4.90 Å². The summed E-state index contributed by atoms with van der Waals surface area (Å²) in [6, 6.07) is 11.8. The maximum absolute atomic E-state index is 12.3. The van der Waals surface area contributed by atoms with Crippen LogP contribution in [0.5, 0.6) is 0 Å². The fraction of sp³-hybridized carbons (Fsp3) is 0.250. The highest BCUT2D eigenvalue weighted by atomic mass is 16.2. The molecule has 0 fully saturated rings. The van der Waals surface area contributed by atoms with E-state index in [1.807, 2.05) is 14.0 Å². The average Bonchev–Trinajstić information content (AvgIpc) is 2.46. The molecule has 0 bridgehead atoms. The summed E-state index contributed by atoms with van der Waals surface area (Å²) in [5.41, 5.74) is 2.96. The highest BCUT2D eigenvalue weighted by molar-refractivity contribution is 5.93. The quantitative estimate of drug-likeness (QED) is 0.842. The van der Waals surface area contributed by atoms with E-state index in [0.717, 1.165) is 5.56 Å². The van der Waals surface area contributed by atoms with E-state index in [2.05, 4.69) is 36.2 Å². The lowest BCUT2D eigenvalue weighted by molar-refractivity contribution is 0.0742. The van der Waals surface area contributed by atoms with Crippen LogP contribution in [0.25, 0.3) is 0 Å². The van der Waals surface area contributed by atoms with Gasteiger partial charge in [0, 0.05) is 19.4 Å². The second-order valence-electron chi connectivity index (χ2n) is 4.74. The number of aryl methyl sites for hydroxylation is 1. The van der Waals surface area contributed by atoms with Gasteiger partial charge in [-0.2, -0.15) is 0 Å². The Morgan fingerprint density at radius 3 is 2.47 bits per heavy atom. The van der Waals surface area contributed by atoms with Gasteiger partial charge in [-0.15, -0.1) is 0 Å². The fourth-order valence-corrected chi connectivity index (χ4v) is 1.94. The van der Waals surface area contributed by atoms with Crippen molar-refractivity contribution in [2.75, 3.05) is 7.05 Å². The molecule has 0 saturated carbocycles. The average molecular weight is 254 g/mol. The summed E-state index contributed by atoms with van der Waals surface area (Å²) in [6.07, 6.45) is 3.26. The summed E-state index contributed by atoms with van der Waals surface area (Å²) in [6.45, 7) is 4.08. The smallest absolute Gasteiger partial charge is 0.255 e. The third-order valence-corrected chi connectivity index (χ3v) is 3.37. The minimum Gasteiger partial charge on any atom is -0.335 e. The maximum atomic E-state index is 12.3. The zero-order chi connectivity index (χ0) is 13.8. The van der Waals surface area contributed by atoms with Crippen LogP contribution in [-0.2, 0) is 0 Å².